The van der Waals surface area contributed by atoms with Crippen LogP contribution < -0.4 is 5.32 Å². The van der Waals surface area contributed by atoms with Crippen molar-refractivity contribution in [2.24, 2.45) is 5.92 Å². The average Bonchev–Trinajstić information content (AvgIpc) is 2.53. The molecule has 0 radical (unpaired) electrons. The molecular formula is C18H42NO4P. The zero-order valence-corrected chi connectivity index (χ0v) is 17.3. The van der Waals surface area contributed by atoms with Gasteiger partial charge in [-0.25, -0.2) is 4.57 Å². The lowest BCUT2D eigenvalue weighted by molar-refractivity contribution is 0.158. The Bertz CT molecular complexity index is 278. The van der Waals surface area contributed by atoms with Crippen LogP contribution in [0, 0.1) is 5.92 Å². The molecule has 3 N–H and O–H groups in total. The number of phosphoric ester groups is 1. The van der Waals surface area contributed by atoms with Crippen LogP contribution in [0.3, 0.4) is 0 Å². The Labute approximate surface area is 150 Å². The number of phosphoric acid groups is 1. The molecule has 0 spiro atoms. The van der Waals surface area contributed by atoms with Gasteiger partial charge in [-0.3, -0.25) is 4.52 Å². The summed E-state index contributed by atoms with van der Waals surface area (Å²) in [4.78, 5) is 17.2. The van der Waals surface area contributed by atoms with Gasteiger partial charge in [-0.05, 0) is 44.7 Å². The molecule has 0 bridgehead atoms. The molecule has 0 saturated heterocycles. The predicted molar refractivity (Wildman–Crippen MR) is 103 cm³/mol. The second-order valence-corrected chi connectivity index (χ2v) is 7.63. The van der Waals surface area contributed by atoms with Crippen molar-refractivity contribution in [2.45, 2.75) is 91.9 Å². The normalized spacial score (nSPS) is 12.6. The molecule has 0 heterocycles. The van der Waals surface area contributed by atoms with Crippen molar-refractivity contribution < 1.29 is 18.9 Å². The van der Waals surface area contributed by atoms with Crippen LogP contribution in [0.25, 0.3) is 0 Å². The zero-order valence-electron chi connectivity index (χ0n) is 16.4. The first-order chi connectivity index (χ1) is 11.4. The van der Waals surface area contributed by atoms with Crippen molar-refractivity contribution in [1.82, 2.24) is 5.32 Å². The van der Waals surface area contributed by atoms with Gasteiger partial charge in [-0.15, -0.1) is 0 Å². The molecule has 24 heavy (non-hydrogen) atoms. The van der Waals surface area contributed by atoms with E-state index in [4.69, 9.17) is 9.79 Å². The van der Waals surface area contributed by atoms with Crippen LogP contribution in [-0.2, 0) is 9.09 Å². The minimum atomic E-state index is -4.28. The third-order valence-corrected chi connectivity index (χ3v) is 4.29. The van der Waals surface area contributed by atoms with Crippen LogP contribution in [-0.4, -0.2) is 29.5 Å². The lowest BCUT2D eigenvalue weighted by Gasteiger charge is -2.16. The Kier molecular flexibility index (Phi) is 21.3. The molecule has 0 aliphatic heterocycles. The van der Waals surface area contributed by atoms with E-state index in [2.05, 4.69) is 37.5 Å². The van der Waals surface area contributed by atoms with Crippen LogP contribution in [0.2, 0.25) is 0 Å². The Morgan fingerprint density at radius 1 is 0.833 bits per heavy atom. The van der Waals surface area contributed by atoms with E-state index in [1.165, 1.54) is 45.2 Å². The quantitative estimate of drug-likeness (QED) is 0.271. The summed E-state index contributed by atoms with van der Waals surface area (Å²) in [6, 6.07) is 0. The van der Waals surface area contributed by atoms with Gasteiger partial charge in [0, 0.05) is 0 Å². The number of unbranched alkanes of at least 4 members (excludes halogenated alkanes) is 4. The molecule has 0 amide bonds. The lowest BCUT2D eigenvalue weighted by atomic mass is 9.98. The second-order valence-electron chi connectivity index (χ2n) is 6.39. The first kappa shape index (κ1) is 26.3. The molecule has 0 aliphatic rings. The summed E-state index contributed by atoms with van der Waals surface area (Å²) in [5.74, 6) is 0.286. The largest absolute Gasteiger partial charge is 0.469 e. The molecule has 0 aromatic carbocycles. The summed E-state index contributed by atoms with van der Waals surface area (Å²) in [5.41, 5.74) is 0. The number of hydrogen-bond donors (Lipinski definition) is 3. The van der Waals surface area contributed by atoms with Crippen LogP contribution in [0.1, 0.15) is 91.9 Å². The first-order valence-corrected chi connectivity index (χ1v) is 11.3. The van der Waals surface area contributed by atoms with Crippen LogP contribution in [0.4, 0.5) is 0 Å². The maximum atomic E-state index is 10.5. The summed E-state index contributed by atoms with van der Waals surface area (Å²) in [6.45, 7) is 11.3. The molecule has 0 fully saturated rings. The van der Waals surface area contributed by atoms with Crippen molar-refractivity contribution in [3.63, 3.8) is 0 Å². The molecule has 0 aromatic heterocycles. The minimum Gasteiger partial charge on any atom is -0.317 e. The summed E-state index contributed by atoms with van der Waals surface area (Å²) in [7, 11) is -4.28. The molecule has 1 unspecified atom stereocenters. The number of nitrogens with one attached hydrogen (secondary N) is 1. The first-order valence-electron chi connectivity index (χ1n) is 9.81. The van der Waals surface area contributed by atoms with Gasteiger partial charge in [0.1, 0.15) is 0 Å². The fraction of sp³-hybridized carbons (Fsp3) is 1.00. The topological polar surface area (TPSA) is 78.8 Å². The van der Waals surface area contributed by atoms with Crippen LogP contribution in [0.15, 0.2) is 0 Å². The third-order valence-electron chi connectivity index (χ3n) is 3.81. The van der Waals surface area contributed by atoms with E-state index in [-0.39, 0.29) is 12.5 Å². The third kappa shape index (κ3) is 24.3. The van der Waals surface area contributed by atoms with Gasteiger partial charge in [-0.1, -0.05) is 66.2 Å². The van der Waals surface area contributed by atoms with Crippen molar-refractivity contribution in [1.29, 1.82) is 0 Å². The molecule has 0 aliphatic carbocycles. The standard InChI is InChI=1S/C10H23O4P.C8H19N/c1-3-5-6-8-10(7-4-2)9-14-15(11,12)13;1-3-5-7-9-8-6-4-2/h10H,3-9H2,1-2H3,(H2,11,12,13);9H,3-8H2,1-2H3. The van der Waals surface area contributed by atoms with Gasteiger partial charge in [-0.2, -0.15) is 0 Å². The molecule has 6 heteroatoms. The van der Waals surface area contributed by atoms with E-state index < -0.39 is 7.82 Å². The van der Waals surface area contributed by atoms with Crippen molar-refractivity contribution in [2.75, 3.05) is 19.7 Å². The molecule has 0 saturated carbocycles. The Morgan fingerprint density at radius 3 is 1.79 bits per heavy atom. The highest BCUT2D eigenvalue weighted by molar-refractivity contribution is 7.46. The van der Waals surface area contributed by atoms with Gasteiger partial charge in [0.15, 0.2) is 0 Å². The number of hydrogen-bond acceptors (Lipinski definition) is 3. The van der Waals surface area contributed by atoms with Gasteiger partial charge >= 0.3 is 7.82 Å². The minimum absolute atomic E-state index is 0.182. The predicted octanol–water partition coefficient (Wildman–Crippen LogP) is 5.27. The molecule has 5 nitrogen and oxygen atoms in total. The Morgan fingerprint density at radius 2 is 1.38 bits per heavy atom. The highest BCUT2D eigenvalue weighted by atomic mass is 31.2. The van der Waals surface area contributed by atoms with Gasteiger partial charge in [0.05, 0.1) is 6.61 Å². The maximum absolute atomic E-state index is 10.5. The molecule has 0 rings (SSSR count). The molecular weight excluding hydrogens is 325 g/mol. The van der Waals surface area contributed by atoms with Crippen LogP contribution in [0.5, 0.6) is 0 Å². The molecule has 0 aromatic rings. The molecule has 148 valence electrons. The average molecular weight is 368 g/mol. The Hall–Kier alpha value is 0.0700. The summed E-state index contributed by atoms with van der Waals surface area (Å²) in [6.07, 6.45) is 11.7. The highest BCUT2D eigenvalue weighted by Gasteiger charge is 2.17. The fourth-order valence-corrected chi connectivity index (χ4v) is 2.74. The molecule has 1 atom stereocenters. The Balaban J connectivity index is 0. The highest BCUT2D eigenvalue weighted by Crippen LogP contribution is 2.37. The SMILES string of the molecule is CCCCCC(CCC)COP(=O)(O)O.CCCCNCCCC. The van der Waals surface area contributed by atoms with E-state index in [9.17, 15) is 4.57 Å². The van der Waals surface area contributed by atoms with Crippen LogP contribution >= 0.6 is 7.82 Å². The smallest absolute Gasteiger partial charge is 0.317 e. The van der Waals surface area contributed by atoms with E-state index in [1.54, 1.807) is 0 Å². The van der Waals surface area contributed by atoms with E-state index in [0.717, 1.165) is 32.1 Å². The van der Waals surface area contributed by atoms with E-state index in [1.807, 2.05) is 0 Å². The van der Waals surface area contributed by atoms with Gasteiger partial charge in [0.2, 0.25) is 0 Å². The van der Waals surface area contributed by atoms with Gasteiger partial charge < -0.3 is 15.1 Å². The van der Waals surface area contributed by atoms with E-state index >= 15 is 0 Å². The van der Waals surface area contributed by atoms with Crippen molar-refractivity contribution >= 4 is 7.82 Å². The summed E-state index contributed by atoms with van der Waals surface area (Å²) < 4.78 is 15.1. The number of rotatable bonds is 15. The second kappa shape index (κ2) is 19.4. The van der Waals surface area contributed by atoms with Crippen molar-refractivity contribution in [3.05, 3.63) is 0 Å². The summed E-state index contributed by atoms with van der Waals surface area (Å²) in [5, 5.41) is 3.39. The lowest BCUT2D eigenvalue weighted by Crippen LogP contribution is -2.15. The van der Waals surface area contributed by atoms with Crippen molar-refractivity contribution in [3.8, 4) is 0 Å². The zero-order chi connectivity index (χ0) is 18.7. The summed E-state index contributed by atoms with van der Waals surface area (Å²) >= 11 is 0. The van der Waals surface area contributed by atoms with E-state index in [0.29, 0.717) is 0 Å². The maximum Gasteiger partial charge on any atom is 0.469 e. The monoisotopic (exact) mass is 367 g/mol. The van der Waals surface area contributed by atoms with Gasteiger partial charge in [0.25, 0.3) is 0 Å². The fourth-order valence-electron chi connectivity index (χ4n) is 2.33.